The molecule has 0 saturated carbocycles. The van der Waals surface area contributed by atoms with Crippen molar-refractivity contribution in [2.45, 2.75) is 51.7 Å². The molecule has 106 valence electrons. The minimum Gasteiger partial charge on any atom is -0.486 e. The van der Waals surface area contributed by atoms with Crippen molar-refractivity contribution in [2.24, 2.45) is 0 Å². The highest BCUT2D eigenvalue weighted by atomic mass is 16.6. The molecule has 0 spiro atoms. The van der Waals surface area contributed by atoms with Gasteiger partial charge >= 0.3 is 0 Å². The number of likely N-dealkylation sites (N-methyl/N-ethyl adjacent to an activating group) is 1. The van der Waals surface area contributed by atoms with E-state index < -0.39 is 0 Å². The first-order valence-corrected chi connectivity index (χ1v) is 7.47. The number of hydrogen-bond acceptors (Lipinski definition) is 3. The zero-order valence-corrected chi connectivity index (χ0v) is 12.0. The zero-order chi connectivity index (χ0) is 13.5. The fraction of sp³-hybridized carbons (Fsp3) is 0.625. The average molecular weight is 263 g/mol. The van der Waals surface area contributed by atoms with Gasteiger partial charge in [0.25, 0.3) is 0 Å². The lowest BCUT2D eigenvalue weighted by atomic mass is 10.0. The fourth-order valence-corrected chi connectivity index (χ4v) is 2.53. The second kappa shape index (κ2) is 7.39. The highest BCUT2D eigenvalue weighted by Gasteiger charge is 2.27. The minimum absolute atomic E-state index is 0.117. The Bertz CT molecular complexity index is 381. The molecule has 0 amide bonds. The lowest BCUT2D eigenvalue weighted by Gasteiger charge is -2.32. The van der Waals surface area contributed by atoms with E-state index in [1.165, 1.54) is 19.3 Å². The summed E-state index contributed by atoms with van der Waals surface area (Å²) < 4.78 is 11.9. The van der Waals surface area contributed by atoms with E-state index in [1.54, 1.807) is 0 Å². The van der Waals surface area contributed by atoms with Crippen molar-refractivity contribution in [3.63, 3.8) is 0 Å². The summed E-state index contributed by atoms with van der Waals surface area (Å²) in [6, 6.07) is 8.29. The standard InChI is InChI=1S/C16H25NO2/c1-3-5-6-9-13(17-4-2)16-12-18-14-10-7-8-11-15(14)19-16/h7-8,10-11,13,16-17H,3-6,9,12H2,1-2H3. The third kappa shape index (κ3) is 3.87. The Labute approximate surface area is 116 Å². The maximum absolute atomic E-state index is 6.09. The molecule has 0 aliphatic carbocycles. The van der Waals surface area contributed by atoms with E-state index in [1.807, 2.05) is 24.3 Å². The summed E-state index contributed by atoms with van der Waals surface area (Å²) in [7, 11) is 0. The summed E-state index contributed by atoms with van der Waals surface area (Å²) in [4.78, 5) is 0. The number of nitrogens with one attached hydrogen (secondary N) is 1. The topological polar surface area (TPSA) is 30.5 Å². The molecule has 1 aliphatic heterocycles. The quantitative estimate of drug-likeness (QED) is 0.765. The molecule has 0 aromatic heterocycles. The number of hydrogen-bond donors (Lipinski definition) is 1. The average Bonchev–Trinajstić information content (AvgIpc) is 2.46. The van der Waals surface area contributed by atoms with Gasteiger partial charge in [-0.25, -0.2) is 0 Å². The number of para-hydroxylation sites is 2. The van der Waals surface area contributed by atoms with E-state index in [2.05, 4.69) is 19.2 Å². The van der Waals surface area contributed by atoms with Crippen LogP contribution in [0.15, 0.2) is 24.3 Å². The molecule has 1 heterocycles. The Balaban J connectivity index is 1.95. The summed E-state index contributed by atoms with van der Waals surface area (Å²) in [5.41, 5.74) is 0. The van der Waals surface area contributed by atoms with Gasteiger partial charge in [-0.3, -0.25) is 0 Å². The molecule has 0 saturated heterocycles. The van der Waals surface area contributed by atoms with Gasteiger partial charge in [0.15, 0.2) is 11.5 Å². The van der Waals surface area contributed by atoms with Crippen LogP contribution in [-0.2, 0) is 0 Å². The molecule has 1 aromatic rings. The highest BCUT2D eigenvalue weighted by Crippen LogP contribution is 2.32. The largest absolute Gasteiger partial charge is 0.486 e. The maximum Gasteiger partial charge on any atom is 0.161 e. The number of unbranched alkanes of at least 4 members (excludes halogenated alkanes) is 2. The van der Waals surface area contributed by atoms with Gasteiger partial charge in [-0.15, -0.1) is 0 Å². The smallest absolute Gasteiger partial charge is 0.161 e. The van der Waals surface area contributed by atoms with E-state index in [9.17, 15) is 0 Å². The van der Waals surface area contributed by atoms with Crippen LogP contribution in [0.3, 0.4) is 0 Å². The lowest BCUT2D eigenvalue weighted by molar-refractivity contribution is 0.0592. The van der Waals surface area contributed by atoms with Crippen molar-refractivity contribution in [3.05, 3.63) is 24.3 Å². The number of rotatable bonds is 7. The molecule has 1 aliphatic rings. The summed E-state index contributed by atoms with van der Waals surface area (Å²) in [5.74, 6) is 1.74. The van der Waals surface area contributed by atoms with Crippen molar-refractivity contribution in [2.75, 3.05) is 13.2 Å². The molecule has 2 rings (SSSR count). The molecular weight excluding hydrogens is 238 g/mol. The predicted molar refractivity (Wildman–Crippen MR) is 78.0 cm³/mol. The molecule has 19 heavy (non-hydrogen) atoms. The molecule has 2 unspecified atom stereocenters. The molecule has 0 bridgehead atoms. The Morgan fingerprint density at radius 3 is 2.74 bits per heavy atom. The van der Waals surface area contributed by atoms with E-state index in [-0.39, 0.29) is 6.10 Å². The van der Waals surface area contributed by atoms with E-state index >= 15 is 0 Å². The van der Waals surface area contributed by atoms with Crippen molar-refractivity contribution in [1.29, 1.82) is 0 Å². The van der Waals surface area contributed by atoms with Crippen LogP contribution in [0.1, 0.15) is 39.5 Å². The van der Waals surface area contributed by atoms with Gasteiger partial charge in [0.2, 0.25) is 0 Å². The fourth-order valence-electron chi connectivity index (χ4n) is 2.53. The number of ether oxygens (including phenoxy) is 2. The molecule has 0 radical (unpaired) electrons. The van der Waals surface area contributed by atoms with Crippen molar-refractivity contribution < 1.29 is 9.47 Å². The number of benzene rings is 1. The number of fused-ring (bicyclic) bond motifs is 1. The third-order valence-electron chi connectivity index (χ3n) is 3.56. The van der Waals surface area contributed by atoms with E-state index in [4.69, 9.17) is 9.47 Å². The van der Waals surface area contributed by atoms with Crippen LogP contribution in [0.25, 0.3) is 0 Å². The summed E-state index contributed by atoms with van der Waals surface area (Å²) in [6.45, 7) is 5.99. The molecule has 0 fully saturated rings. The van der Waals surface area contributed by atoms with Gasteiger partial charge in [-0.2, -0.15) is 0 Å². The van der Waals surface area contributed by atoms with Gasteiger partial charge in [-0.05, 0) is 25.1 Å². The normalized spacial score (nSPS) is 19.2. The Hall–Kier alpha value is -1.22. The molecule has 3 nitrogen and oxygen atoms in total. The molecule has 1 N–H and O–H groups in total. The van der Waals surface area contributed by atoms with Crippen LogP contribution in [0.2, 0.25) is 0 Å². The molecule has 1 aromatic carbocycles. The predicted octanol–water partition coefficient (Wildman–Crippen LogP) is 3.38. The van der Waals surface area contributed by atoms with Crippen molar-refractivity contribution in [1.82, 2.24) is 5.32 Å². The second-order valence-electron chi connectivity index (χ2n) is 5.07. The Morgan fingerprint density at radius 1 is 1.21 bits per heavy atom. The third-order valence-corrected chi connectivity index (χ3v) is 3.56. The van der Waals surface area contributed by atoms with Crippen molar-refractivity contribution in [3.8, 4) is 11.5 Å². The molecule has 3 heteroatoms. The van der Waals surface area contributed by atoms with Gasteiger partial charge in [0.1, 0.15) is 12.7 Å². The molecular formula is C16H25NO2. The van der Waals surface area contributed by atoms with Crippen LogP contribution in [-0.4, -0.2) is 25.3 Å². The van der Waals surface area contributed by atoms with Crippen LogP contribution >= 0.6 is 0 Å². The van der Waals surface area contributed by atoms with Crippen LogP contribution < -0.4 is 14.8 Å². The SMILES string of the molecule is CCCCCC(NCC)C1COc2ccccc2O1. The first-order chi connectivity index (χ1) is 9.35. The summed E-state index contributed by atoms with van der Waals surface area (Å²) in [6.07, 6.45) is 5.05. The second-order valence-corrected chi connectivity index (χ2v) is 5.07. The zero-order valence-electron chi connectivity index (χ0n) is 12.0. The van der Waals surface area contributed by atoms with E-state index in [0.717, 1.165) is 24.5 Å². The molecule has 2 atom stereocenters. The van der Waals surface area contributed by atoms with Crippen LogP contribution in [0, 0.1) is 0 Å². The lowest BCUT2D eigenvalue weighted by Crippen LogP contribution is -2.47. The van der Waals surface area contributed by atoms with Gasteiger partial charge in [-0.1, -0.05) is 45.2 Å². The monoisotopic (exact) mass is 263 g/mol. The van der Waals surface area contributed by atoms with Crippen LogP contribution in [0.4, 0.5) is 0 Å². The first-order valence-electron chi connectivity index (χ1n) is 7.47. The van der Waals surface area contributed by atoms with Gasteiger partial charge in [0.05, 0.1) is 0 Å². The summed E-state index contributed by atoms with van der Waals surface area (Å²) >= 11 is 0. The minimum atomic E-state index is 0.117. The van der Waals surface area contributed by atoms with Crippen LogP contribution in [0.5, 0.6) is 11.5 Å². The first kappa shape index (κ1) is 14.2. The Kier molecular flexibility index (Phi) is 5.52. The van der Waals surface area contributed by atoms with E-state index in [0.29, 0.717) is 12.6 Å². The highest BCUT2D eigenvalue weighted by molar-refractivity contribution is 5.40. The maximum atomic E-state index is 6.09. The van der Waals surface area contributed by atoms with Gasteiger partial charge < -0.3 is 14.8 Å². The Morgan fingerprint density at radius 2 is 2.00 bits per heavy atom. The van der Waals surface area contributed by atoms with Crippen molar-refractivity contribution >= 4 is 0 Å². The summed E-state index contributed by atoms with van der Waals surface area (Å²) in [5, 5.41) is 3.54. The van der Waals surface area contributed by atoms with Gasteiger partial charge in [0, 0.05) is 6.04 Å².